The Hall–Kier alpha value is -2.95. The molecule has 33 heavy (non-hydrogen) atoms. The monoisotopic (exact) mass is 457 g/mol. The maximum atomic E-state index is 12.8. The van der Waals surface area contributed by atoms with E-state index in [-0.39, 0.29) is 25.4 Å². The topological polar surface area (TPSA) is 129 Å². The molecule has 2 atom stereocenters. The van der Waals surface area contributed by atoms with Gasteiger partial charge in [0.05, 0.1) is 18.9 Å². The van der Waals surface area contributed by atoms with Crippen LogP contribution in [0.4, 0.5) is 5.69 Å². The summed E-state index contributed by atoms with van der Waals surface area (Å²) in [5.74, 6) is 1.01. The van der Waals surface area contributed by atoms with E-state index in [0.717, 1.165) is 22.4 Å². The molecular formula is C24H27NO8. The van der Waals surface area contributed by atoms with Gasteiger partial charge in [0.2, 0.25) is 0 Å². The second-order valence-corrected chi connectivity index (χ2v) is 7.99. The molecule has 0 amide bonds. The van der Waals surface area contributed by atoms with Gasteiger partial charge in [0, 0.05) is 36.4 Å². The van der Waals surface area contributed by atoms with Gasteiger partial charge in [-0.1, -0.05) is 6.07 Å². The summed E-state index contributed by atoms with van der Waals surface area (Å²) in [6.45, 7) is -0.234. The van der Waals surface area contributed by atoms with Crippen LogP contribution in [-0.4, -0.2) is 72.9 Å². The third kappa shape index (κ3) is 4.87. The molecule has 0 saturated heterocycles. The molecule has 0 spiro atoms. The van der Waals surface area contributed by atoms with Crippen molar-refractivity contribution in [2.45, 2.75) is 18.8 Å². The van der Waals surface area contributed by atoms with E-state index in [1.165, 1.54) is 0 Å². The molecule has 0 aromatic heterocycles. The first-order valence-corrected chi connectivity index (χ1v) is 10.6. The SMILES string of the molecule is COCN1Cc2cc(OC[C@@H](O)CO)ccc2-c2c(c2=O)-c2ccc(OC[C@@H](O)CO)cc21. The second-order valence-electron chi connectivity index (χ2n) is 7.99. The number of rotatable bonds is 10. The van der Waals surface area contributed by atoms with Crippen molar-refractivity contribution in [1.82, 2.24) is 0 Å². The van der Waals surface area contributed by atoms with Crippen LogP contribution in [0, 0.1) is 0 Å². The average molecular weight is 457 g/mol. The van der Waals surface area contributed by atoms with Crippen LogP contribution in [0.2, 0.25) is 0 Å². The highest BCUT2D eigenvalue weighted by molar-refractivity contribution is 6.00. The quantitative estimate of drug-likeness (QED) is 0.347. The molecule has 0 aliphatic carbocycles. The fourth-order valence-electron chi connectivity index (χ4n) is 3.85. The highest BCUT2D eigenvalue weighted by atomic mass is 16.5. The number of hydrogen-bond donors (Lipinski definition) is 4. The molecule has 1 aliphatic heterocycles. The Morgan fingerprint density at radius 3 is 2.09 bits per heavy atom. The zero-order valence-corrected chi connectivity index (χ0v) is 18.2. The van der Waals surface area contributed by atoms with Crippen LogP contribution in [0.15, 0.2) is 41.2 Å². The molecule has 0 fully saturated rings. The Morgan fingerprint density at radius 2 is 1.48 bits per heavy atom. The van der Waals surface area contributed by atoms with E-state index >= 15 is 0 Å². The molecule has 4 N–H and O–H groups in total. The predicted octanol–water partition coefficient (Wildman–Crippen LogP) is 0.644. The first-order chi connectivity index (χ1) is 16.0. The van der Waals surface area contributed by atoms with Crippen LogP contribution in [0.25, 0.3) is 22.3 Å². The van der Waals surface area contributed by atoms with Gasteiger partial charge in [0.15, 0.2) is 5.43 Å². The van der Waals surface area contributed by atoms with E-state index < -0.39 is 25.4 Å². The summed E-state index contributed by atoms with van der Waals surface area (Å²) in [6, 6.07) is 10.7. The second kappa shape index (κ2) is 9.90. The predicted molar refractivity (Wildman–Crippen MR) is 121 cm³/mol. The van der Waals surface area contributed by atoms with Crippen molar-refractivity contribution in [3.63, 3.8) is 0 Å². The van der Waals surface area contributed by atoms with Gasteiger partial charge >= 0.3 is 0 Å². The zero-order valence-electron chi connectivity index (χ0n) is 18.2. The minimum absolute atomic E-state index is 0.0227. The molecule has 0 saturated carbocycles. The van der Waals surface area contributed by atoms with Gasteiger partial charge in [-0.2, -0.15) is 0 Å². The molecule has 9 heteroatoms. The van der Waals surface area contributed by atoms with Crippen LogP contribution in [0.5, 0.6) is 11.5 Å². The Bertz CT molecular complexity index is 1120. The lowest BCUT2D eigenvalue weighted by Crippen LogP contribution is -2.26. The third-order valence-electron chi connectivity index (χ3n) is 5.52. The Balaban J connectivity index is 1.70. The lowest BCUT2D eigenvalue weighted by molar-refractivity contribution is 0.0536. The van der Waals surface area contributed by atoms with Crippen molar-refractivity contribution in [3.05, 3.63) is 52.2 Å². The van der Waals surface area contributed by atoms with Gasteiger partial charge in [-0.05, 0) is 35.4 Å². The van der Waals surface area contributed by atoms with E-state index in [1.54, 1.807) is 25.3 Å². The van der Waals surface area contributed by atoms with Crippen molar-refractivity contribution in [2.24, 2.45) is 0 Å². The van der Waals surface area contributed by atoms with Gasteiger partial charge in [0.1, 0.15) is 43.7 Å². The number of fused-ring (bicyclic) bond motifs is 5. The summed E-state index contributed by atoms with van der Waals surface area (Å²) in [4.78, 5) is 14.7. The highest BCUT2D eigenvalue weighted by Crippen LogP contribution is 2.45. The average Bonchev–Trinajstić information content (AvgIpc) is 3.48. The van der Waals surface area contributed by atoms with Crippen LogP contribution < -0.4 is 19.8 Å². The Morgan fingerprint density at radius 1 is 0.909 bits per heavy atom. The van der Waals surface area contributed by atoms with Crippen molar-refractivity contribution < 1.29 is 34.6 Å². The number of ether oxygens (including phenoxy) is 3. The number of hydrogen-bond acceptors (Lipinski definition) is 9. The van der Waals surface area contributed by atoms with Crippen LogP contribution in [-0.2, 0) is 11.3 Å². The molecule has 4 rings (SSSR count). The van der Waals surface area contributed by atoms with Crippen molar-refractivity contribution in [3.8, 4) is 33.8 Å². The summed E-state index contributed by atoms with van der Waals surface area (Å²) in [6.07, 6.45) is -1.97. The van der Waals surface area contributed by atoms with Crippen LogP contribution >= 0.6 is 0 Å². The normalized spacial score (nSPS) is 14.6. The number of methoxy groups -OCH3 is 1. The van der Waals surface area contributed by atoms with E-state index in [1.807, 2.05) is 23.1 Å². The number of aliphatic hydroxyl groups excluding tert-OH is 4. The molecule has 1 aliphatic rings. The standard InChI is InChI=1S/C24H27NO8/c1-31-13-25-8-14-6-17(32-11-15(28)9-26)2-4-19(14)22-23(24(22)30)20-5-3-18(7-21(20)25)33-12-16(29)10-27/h2-7,15-16,26-29H,8-13H2,1H3/t15-,16-/m0/s1. The summed E-state index contributed by atoms with van der Waals surface area (Å²) < 4.78 is 16.6. The third-order valence-corrected chi connectivity index (χ3v) is 5.52. The lowest BCUT2D eigenvalue weighted by atomic mass is 9.99. The molecular weight excluding hydrogens is 430 g/mol. The minimum atomic E-state index is -0.990. The smallest absolute Gasteiger partial charge is 0.195 e. The number of aliphatic hydroxyl groups is 4. The van der Waals surface area contributed by atoms with Crippen molar-refractivity contribution in [2.75, 3.05) is 45.2 Å². The largest absolute Gasteiger partial charge is 0.491 e. The Kier molecular flexibility index (Phi) is 6.96. The summed E-state index contributed by atoms with van der Waals surface area (Å²) in [5.41, 5.74) is 4.48. The van der Waals surface area contributed by atoms with E-state index in [0.29, 0.717) is 29.2 Å². The molecule has 9 nitrogen and oxygen atoms in total. The van der Waals surface area contributed by atoms with E-state index in [9.17, 15) is 15.0 Å². The Labute approximate surface area is 190 Å². The summed E-state index contributed by atoms with van der Waals surface area (Å²) >= 11 is 0. The van der Waals surface area contributed by atoms with Gasteiger partial charge in [0.25, 0.3) is 0 Å². The first kappa shape index (κ1) is 23.2. The maximum Gasteiger partial charge on any atom is 0.195 e. The lowest BCUT2D eigenvalue weighted by Gasteiger charge is -2.28. The molecule has 0 bridgehead atoms. The molecule has 0 unspecified atom stereocenters. The summed E-state index contributed by atoms with van der Waals surface area (Å²) in [7, 11) is 1.58. The number of benzene rings is 2. The van der Waals surface area contributed by atoms with Gasteiger partial charge in [-0.25, -0.2) is 0 Å². The molecule has 0 radical (unpaired) electrons. The molecule has 3 aromatic rings. The fourth-order valence-corrected chi connectivity index (χ4v) is 3.85. The van der Waals surface area contributed by atoms with E-state index in [4.69, 9.17) is 24.4 Å². The number of anilines is 1. The molecule has 3 aromatic carbocycles. The highest BCUT2D eigenvalue weighted by Gasteiger charge is 2.33. The van der Waals surface area contributed by atoms with Crippen LogP contribution in [0.1, 0.15) is 5.56 Å². The van der Waals surface area contributed by atoms with Crippen molar-refractivity contribution in [1.29, 1.82) is 0 Å². The van der Waals surface area contributed by atoms with Crippen molar-refractivity contribution >= 4 is 5.69 Å². The zero-order chi connectivity index (χ0) is 23.5. The minimum Gasteiger partial charge on any atom is -0.491 e. The van der Waals surface area contributed by atoms with Crippen LogP contribution in [0.3, 0.4) is 0 Å². The van der Waals surface area contributed by atoms with Gasteiger partial charge in [-0.15, -0.1) is 0 Å². The van der Waals surface area contributed by atoms with Gasteiger partial charge < -0.3 is 39.5 Å². The first-order valence-electron chi connectivity index (χ1n) is 10.6. The summed E-state index contributed by atoms with van der Waals surface area (Å²) in [5, 5.41) is 37.2. The van der Waals surface area contributed by atoms with E-state index in [2.05, 4.69) is 0 Å². The fraction of sp³-hybridized carbons (Fsp3) is 0.375. The maximum absolute atomic E-state index is 12.8. The molecule has 1 heterocycles. The number of nitrogens with zero attached hydrogens (tertiary/aromatic N) is 1. The molecule has 176 valence electrons. The van der Waals surface area contributed by atoms with Gasteiger partial charge in [-0.3, -0.25) is 4.79 Å².